The number of aromatic nitrogens is 3. The number of benzene rings is 1. The Morgan fingerprint density at radius 2 is 1.69 bits per heavy atom. The number of aryl methyl sites for hydroxylation is 1. The molecule has 48 heavy (non-hydrogen) atoms. The maximum absolute atomic E-state index is 14.0. The number of anilines is 1. The molecule has 2 aromatic heterocycles. The summed E-state index contributed by atoms with van der Waals surface area (Å²) in [5.74, 6) is 2.78. The smallest absolute Gasteiger partial charge is 0.416 e. The van der Waals surface area contributed by atoms with Crippen LogP contribution < -0.4 is 4.90 Å². The second kappa shape index (κ2) is 11.1. The standard InChI is InChI=1S/C30H43B7F3N5O2S/c1-3-17-10-23(45-26(31,19-7-8-19)29(34,35)47-30(36,37)28(45,32)33)42-44-22(9-18-5-4-6-20(16(18)2)27(38,39)40)21(41-24(17)44)11-43-12-25(13-43)14-48(46)15-25/h4-6,10,19H,3,7-9,11-15,31-37H2,1-2H3. The molecular weight excluding hydrogens is 627 g/mol. The van der Waals surface area contributed by atoms with Gasteiger partial charge in [-0.05, 0) is 60.7 Å². The van der Waals surface area contributed by atoms with Crippen molar-refractivity contribution in [1.29, 1.82) is 0 Å². The van der Waals surface area contributed by atoms with E-state index >= 15 is 0 Å². The first kappa shape index (κ1) is 34.6. The van der Waals surface area contributed by atoms with E-state index in [1.165, 1.54) is 6.07 Å². The first-order valence-electron chi connectivity index (χ1n) is 17.4. The highest BCUT2D eigenvalue weighted by molar-refractivity contribution is 7.92. The molecule has 1 unspecified atom stereocenters. The fourth-order valence-corrected chi connectivity index (χ4v) is 10.7. The molecule has 3 aliphatic heterocycles. The van der Waals surface area contributed by atoms with Crippen LogP contribution in [-0.4, -0.2) is 125 Å². The van der Waals surface area contributed by atoms with Gasteiger partial charge in [-0.2, -0.15) is 13.2 Å². The van der Waals surface area contributed by atoms with Crippen LogP contribution in [0, 0.1) is 18.3 Å². The number of nitrogens with zero attached hydrogens (tertiary/aromatic N) is 5. The van der Waals surface area contributed by atoms with Gasteiger partial charge in [-0.25, -0.2) is 9.50 Å². The van der Waals surface area contributed by atoms with E-state index in [-0.39, 0.29) is 22.8 Å². The van der Waals surface area contributed by atoms with Gasteiger partial charge in [0.15, 0.2) is 5.65 Å². The Morgan fingerprint density at radius 3 is 2.27 bits per heavy atom. The SMILES string of the molecule is BC1(B)OC(B)(B)C(B)(C2CC2)N(c2cc(CC)c3nc(CN4CC5(C4)C[S+]([O-])C5)c(Cc4cccc(C(F)(F)F)c4C)n3n2)C1(B)B. The molecule has 0 bridgehead atoms. The third-order valence-electron chi connectivity index (χ3n) is 12.6. The van der Waals surface area contributed by atoms with Gasteiger partial charge in [-0.3, -0.25) is 4.90 Å². The molecule has 0 radical (unpaired) electrons. The van der Waals surface area contributed by atoms with Crippen molar-refractivity contribution in [2.45, 2.75) is 73.8 Å². The molecule has 18 heteroatoms. The zero-order valence-corrected chi connectivity index (χ0v) is 30.7. The van der Waals surface area contributed by atoms with Crippen molar-refractivity contribution in [3.8, 4) is 0 Å². The maximum atomic E-state index is 14.0. The number of ether oxygens (including phenoxy) is 1. The lowest BCUT2D eigenvalue weighted by Crippen LogP contribution is -2.86. The van der Waals surface area contributed by atoms with Gasteiger partial charge in [-0.1, -0.05) is 30.2 Å². The minimum Gasteiger partial charge on any atom is -0.616 e. The highest BCUT2D eigenvalue weighted by Gasteiger charge is 2.65. The van der Waals surface area contributed by atoms with E-state index < -0.39 is 39.1 Å². The summed E-state index contributed by atoms with van der Waals surface area (Å²) in [5.41, 5.74) is 3.49. The second-order valence-electron chi connectivity index (χ2n) is 16.7. The number of morpholine rings is 1. The minimum absolute atomic E-state index is 0.136. The molecular formula is C30H43B7F3N5O2S. The molecule has 1 saturated carbocycles. The van der Waals surface area contributed by atoms with Crippen LogP contribution in [0.2, 0.25) is 0 Å². The molecule has 1 atom stereocenters. The van der Waals surface area contributed by atoms with Crippen LogP contribution in [0.25, 0.3) is 5.65 Å². The summed E-state index contributed by atoms with van der Waals surface area (Å²) in [7, 11) is 15.5. The van der Waals surface area contributed by atoms with Gasteiger partial charge in [-0.15, -0.1) is 5.10 Å². The van der Waals surface area contributed by atoms with E-state index in [1.54, 1.807) is 13.0 Å². The van der Waals surface area contributed by atoms with E-state index in [0.717, 1.165) is 78.3 Å². The lowest BCUT2D eigenvalue weighted by Gasteiger charge is -2.70. The Bertz CT molecular complexity index is 1780. The van der Waals surface area contributed by atoms with Crippen LogP contribution >= 0.6 is 0 Å². The summed E-state index contributed by atoms with van der Waals surface area (Å²) in [6.45, 7) is 5.99. The van der Waals surface area contributed by atoms with Gasteiger partial charge in [0.25, 0.3) is 0 Å². The van der Waals surface area contributed by atoms with Crippen LogP contribution in [0.3, 0.4) is 0 Å². The molecule has 4 aliphatic rings. The highest BCUT2D eigenvalue weighted by atomic mass is 32.2. The first-order chi connectivity index (χ1) is 22.2. The summed E-state index contributed by atoms with van der Waals surface area (Å²) in [5, 5.41) is 3.99. The van der Waals surface area contributed by atoms with Crippen molar-refractivity contribution in [3.63, 3.8) is 0 Å². The quantitative estimate of drug-likeness (QED) is 0.199. The number of fused-ring (bicyclic) bond motifs is 1. The summed E-state index contributed by atoms with van der Waals surface area (Å²) in [6, 6.07) is 6.64. The van der Waals surface area contributed by atoms with Crippen molar-refractivity contribution in [1.82, 2.24) is 19.5 Å². The first-order valence-corrected chi connectivity index (χ1v) is 18.9. The fraction of sp³-hybridized carbons (Fsp3) is 0.600. The maximum Gasteiger partial charge on any atom is 0.416 e. The number of hydrogen-bond donors (Lipinski definition) is 0. The molecule has 1 aliphatic carbocycles. The van der Waals surface area contributed by atoms with Gasteiger partial charge < -0.3 is 14.2 Å². The van der Waals surface area contributed by atoms with Crippen molar-refractivity contribution < 1.29 is 22.5 Å². The van der Waals surface area contributed by atoms with Crippen LogP contribution in [0.5, 0.6) is 0 Å². The summed E-state index contributed by atoms with van der Waals surface area (Å²) < 4.78 is 62.9. The topological polar surface area (TPSA) is 69.0 Å². The average Bonchev–Trinajstić information content (AvgIpc) is 3.74. The van der Waals surface area contributed by atoms with Gasteiger partial charge in [0.1, 0.15) is 72.2 Å². The molecule has 0 amide bonds. The van der Waals surface area contributed by atoms with E-state index in [0.29, 0.717) is 18.0 Å². The van der Waals surface area contributed by atoms with E-state index in [2.05, 4.69) is 77.7 Å². The van der Waals surface area contributed by atoms with Gasteiger partial charge >= 0.3 is 6.18 Å². The van der Waals surface area contributed by atoms with Crippen LogP contribution in [0.15, 0.2) is 24.3 Å². The molecule has 4 fully saturated rings. The number of alkyl halides is 3. The number of rotatable bonds is 7. The third kappa shape index (κ3) is 5.24. The molecule has 3 aromatic rings. The van der Waals surface area contributed by atoms with Gasteiger partial charge in [0.2, 0.25) is 0 Å². The van der Waals surface area contributed by atoms with E-state index in [1.807, 2.05) is 4.52 Å². The van der Waals surface area contributed by atoms with Crippen molar-refractivity contribution in [2.75, 3.05) is 29.5 Å². The number of likely N-dealkylation sites (tertiary alicyclic amines) is 1. The fourth-order valence-electron chi connectivity index (χ4n) is 9.07. The Labute approximate surface area is 291 Å². The second-order valence-corrected chi connectivity index (χ2v) is 18.2. The Balaban J connectivity index is 1.39. The molecule has 7 rings (SSSR count). The predicted octanol–water partition coefficient (Wildman–Crippen LogP) is -2.89. The highest BCUT2D eigenvalue weighted by Crippen LogP contribution is 2.54. The Kier molecular flexibility index (Phi) is 7.96. The molecule has 5 heterocycles. The van der Waals surface area contributed by atoms with E-state index in [9.17, 15) is 17.7 Å². The Morgan fingerprint density at radius 1 is 1.02 bits per heavy atom. The van der Waals surface area contributed by atoms with Crippen LogP contribution in [0.4, 0.5) is 19.0 Å². The van der Waals surface area contributed by atoms with Crippen LogP contribution in [-0.2, 0) is 41.5 Å². The zero-order valence-electron chi connectivity index (χ0n) is 29.8. The number of imidazole rings is 1. The normalized spacial score (nSPS) is 26.4. The zero-order chi connectivity index (χ0) is 34.8. The van der Waals surface area contributed by atoms with Crippen molar-refractivity contribution in [3.05, 3.63) is 57.9 Å². The lowest BCUT2D eigenvalue weighted by molar-refractivity contribution is -0.138. The lowest BCUT2D eigenvalue weighted by atomic mass is 9.33. The van der Waals surface area contributed by atoms with Crippen molar-refractivity contribution in [2.24, 2.45) is 11.3 Å². The van der Waals surface area contributed by atoms with Gasteiger partial charge in [0.05, 0.1) is 22.4 Å². The number of halogens is 3. The predicted molar refractivity (Wildman–Crippen MR) is 204 cm³/mol. The summed E-state index contributed by atoms with van der Waals surface area (Å²) in [4.78, 5) is 10.0. The number of hydrogen-bond acceptors (Lipinski definition) is 6. The largest absolute Gasteiger partial charge is 0.616 e. The molecule has 0 N–H and O–H groups in total. The summed E-state index contributed by atoms with van der Waals surface area (Å²) in [6.07, 6.45) is -1.18. The monoisotopic (exact) mass is 671 g/mol. The molecule has 1 aromatic carbocycles. The summed E-state index contributed by atoms with van der Waals surface area (Å²) >= 11 is -0.722. The molecule has 7 nitrogen and oxygen atoms in total. The molecule has 3 saturated heterocycles. The van der Waals surface area contributed by atoms with Gasteiger partial charge in [0, 0.05) is 47.9 Å². The molecule has 1 spiro atoms. The van der Waals surface area contributed by atoms with Crippen molar-refractivity contribution >= 4 is 77.6 Å². The third-order valence-corrected chi connectivity index (χ3v) is 14.4. The van der Waals surface area contributed by atoms with Crippen LogP contribution in [0.1, 0.15) is 53.4 Å². The van der Waals surface area contributed by atoms with E-state index in [4.69, 9.17) is 14.8 Å². The Hall–Kier alpha value is -1.89. The average molecular weight is 670 g/mol. The molecule has 248 valence electrons. The minimum atomic E-state index is -4.44.